The molecule has 1 saturated heterocycles. The monoisotopic (exact) mass is 193 g/mol. The molecular weight excluding hydrogens is 185 g/mol. The molecule has 9 heavy (non-hydrogen) atoms. The zero-order valence-corrected chi connectivity index (χ0v) is 6.69. The van der Waals surface area contributed by atoms with Crippen molar-refractivity contribution >= 4 is 15.9 Å². The maximum absolute atomic E-state index is 12.6. The lowest BCUT2D eigenvalue weighted by Crippen LogP contribution is -2.14. The fourth-order valence-corrected chi connectivity index (χ4v) is 1.29. The van der Waals surface area contributed by atoms with Crippen molar-refractivity contribution in [2.75, 3.05) is 13.1 Å². The molecule has 0 unspecified atom stereocenters. The fourth-order valence-electron chi connectivity index (χ4n) is 1.000. The summed E-state index contributed by atoms with van der Waals surface area (Å²) >= 11 is 2.95. The first-order chi connectivity index (χ1) is 4.34. The van der Waals surface area contributed by atoms with E-state index in [1.54, 1.807) is 4.90 Å². The predicted molar refractivity (Wildman–Crippen MR) is 38.9 cm³/mol. The zero-order chi connectivity index (χ0) is 6.69. The van der Waals surface area contributed by atoms with E-state index >= 15 is 0 Å². The van der Waals surface area contributed by atoms with Gasteiger partial charge >= 0.3 is 0 Å². The quantitative estimate of drug-likeness (QED) is 0.578. The molecule has 0 aliphatic carbocycles. The molecule has 0 amide bonds. The van der Waals surface area contributed by atoms with Crippen LogP contribution in [0.25, 0.3) is 0 Å². The summed E-state index contributed by atoms with van der Waals surface area (Å²) in [5.74, 6) is -0.146. The van der Waals surface area contributed by atoms with Gasteiger partial charge in [0.2, 0.25) is 0 Å². The molecule has 0 saturated carbocycles. The Morgan fingerprint density at radius 2 is 2.00 bits per heavy atom. The van der Waals surface area contributed by atoms with Gasteiger partial charge in [-0.15, -0.1) is 0 Å². The average molecular weight is 194 g/mol. The lowest BCUT2D eigenvalue weighted by molar-refractivity contribution is 0.324. The van der Waals surface area contributed by atoms with Gasteiger partial charge in [-0.05, 0) is 12.8 Å². The van der Waals surface area contributed by atoms with Crippen LogP contribution in [-0.2, 0) is 0 Å². The summed E-state index contributed by atoms with van der Waals surface area (Å²) in [6.07, 6.45) is 2.24. The molecule has 52 valence electrons. The molecule has 0 aromatic rings. The third kappa shape index (κ3) is 1.68. The van der Waals surface area contributed by atoms with Crippen molar-refractivity contribution in [2.45, 2.75) is 12.8 Å². The summed E-state index contributed by atoms with van der Waals surface area (Å²) in [6, 6.07) is 0. The smallest absolute Gasteiger partial charge is 0.196 e. The molecule has 0 radical (unpaired) electrons. The summed E-state index contributed by atoms with van der Waals surface area (Å²) < 4.78 is 12.6. The average Bonchev–Trinajstić information content (AvgIpc) is 2.37. The largest absolute Gasteiger partial charge is 0.348 e. The normalized spacial score (nSPS) is 21.1. The van der Waals surface area contributed by atoms with Crippen LogP contribution in [0.5, 0.6) is 0 Å². The molecule has 0 N–H and O–H groups in total. The van der Waals surface area contributed by atoms with Crippen LogP contribution in [-0.4, -0.2) is 18.0 Å². The number of nitrogens with zero attached hydrogens (tertiary/aromatic N) is 1. The summed E-state index contributed by atoms with van der Waals surface area (Å²) in [4.78, 5) is 3.06. The standard InChI is InChI=1S/C6H9BrFN/c7-5-6(8)9-3-1-2-4-9/h5H,1-4H2/b6-5+. The Labute approximate surface area is 62.7 Å². The Balaban J connectivity index is 2.42. The first kappa shape index (κ1) is 7.06. The van der Waals surface area contributed by atoms with Gasteiger partial charge < -0.3 is 4.90 Å². The summed E-state index contributed by atoms with van der Waals surface area (Å²) in [5.41, 5.74) is 0. The molecule has 1 heterocycles. The minimum atomic E-state index is -0.146. The van der Waals surface area contributed by atoms with Crippen LogP contribution in [0.2, 0.25) is 0 Å². The van der Waals surface area contributed by atoms with Crippen LogP contribution in [0.3, 0.4) is 0 Å². The highest BCUT2D eigenvalue weighted by atomic mass is 79.9. The summed E-state index contributed by atoms with van der Waals surface area (Å²) in [7, 11) is 0. The zero-order valence-electron chi connectivity index (χ0n) is 5.11. The molecular formula is C6H9BrFN. The van der Waals surface area contributed by atoms with Crippen LogP contribution in [0.4, 0.5) is 4.39 Å². The predicted octanol–water partition coefficient (Wildman–Crippen LogP) is 2.25. The van der Waals surface area contributed by atoms with Crippen molar-refractivity contribution in [3.63, 3.8) is 0 Å². The van der Waals surface area contributed by atoms with Gasteiger partial charge in [-0.2, -0.15) is 4.39 Å². The van der Waals surface area contributed by atoms with Crippen LogP contribution in [0, 0.1) is 0 Å². The molecule has 1 aliphatic rings. The first-order valence-corrected chi connectivity index (χ1v) is 3.97. The van der Waals surface area contributed by atoms with E-state index in [0.29, 0.717) is 0 Å². The highest BCUT2D eigenvalue weighted by Gasteiger charge is 2.12. The van der Waals surface area contributed by atoms with E-state index in [4.69, 9.17) is 0 Å². The summed E-state index contributed by atoms with van der Waals surface area (Å²) in [5, 5.41) is 0. The van der Waals surface area contributed by atoms with Crippen molar-refractivity contribution in [1.82, 2.24) is 4.90 Å². The van der Waals surface area contributed by atoms with E-state index in [9.17, 15) is 4.39 Å². The van der Waals surface area contributed by atoms with Gasteiger partial charge in [0.05, 0.1) is 0 Å². The number of likely N-dealkylation sites (tertiary alicyclic amines) is 1. The maximum Gasteiger partial charge on any atom is 0.196 e. The number of hydrogen-bond donors (Lipinski definition) is 0. The lowest BCUT2D eigenvalue weighted by Gasteiger charge is -2.12. The van der Waals surface area contributed by atoms with E-state index in [0.717, 1.165) is 25.9 Å². The van der Waals surface area contributed by atoms with Crippen LogP contribution in [0.1, 0.15) is 12.8 Å². The van der Waals surface area contributed by atoms with Crippen molar-refractivity contribution in [1.29, 1.82) is 0 Å². The molecule has 0 aromatic carbocycles. The molecule has 0 atom stereocenters. The highest BCUT2D eigenvalue weighted by Crippen LogP contribution is 2.15. The molecule has 3 heteroatoms. The molecule has 1 nitrogen and oxygen atoms in total. The minimum absolute atomic E-state index is 0.146. The Hall–Kier alpha value is -0.0500. The second-order valence-corrected chi connectivity index (χ2v) is 2.58. The van der Waals surface area contributed by atoms with Gasteiger partial charge in [0.15, 0.2) is 5.95 Å². The van der Waals surface area contributed by atoms with Gasteiger partial charge in [0.1, 0.15) is 0 Å². The Morgan fingerprint density at radius 3 is 2.44 bits per heavy atom. The van der Waals surface area contributed by atoms with Crippen molar-refractivity contribution in [3.8, 4) is 0 Å². The van der Waals surface area contributed by atoms with Gasteiger partial charge in [-0.3, -0.25) is 0 Å². The molecule has 0 bridgehead atoms. The van der Waals surface area contributed by atoms with Crippen LogP contribution in [0.15, 0.2) is 10.9 Å². The van der Waals surface area contributed by atoms with Gasteiger partial charge in [0, 0.05) is 18.1 Å². The SMILES string of the molecule is F/C(=C\Br)N1CCCC1. The number of rotatable bonds is 1. The topological polar surface area (TPSA) is 3.24 Å². The van der Waals surface area contributed by atoms with E-state index in [1.165, 1.54) is 4.99 Å². The van der Waals surface area contributed by atoms with E-state index in [2.05, 4.69) is 15.9 Å². The van der Waals surface area contributed by atoms with Crippen molar-refractivity contribution < 1.29 is 4.39 Å². The Kier molecular flexibility index (Phi) is 2.51. The van der Waals surface area contributed by atoms with E-state index < -0.39 is 0 Å². The van der Waals surface area contributed by atoms with E-state index in [-0.39, 0.29) is 5.95 Å². The van der Waals surface area contributed by atoms with Crippen molar-refractivity contribution in [2.24, 2.45) is 0 Å². The Morgan fingerprint density at radius 1 is 1.44 bits per heavy atom. The second-order valence-electron chi connectivity index (χ2n) is 2.13. The van der Waals surface area contributed by atoms with Gasteiger partial charge in [-0.1, -0.05) is 15.9 Å². The molecule has 0 aromatic heterocycles. The van der Waals surface area contributed by atoms with E-state index in [1.807, 2.05) is 0 Å². The summed E-state index contributed by atoms with van der Waals surface area (Å²) in [6.45, 7) is 1.74. The van der Waals surface area contributed by atoms with Gasteiger partial charge in [0.25, 0.3) is 0 Å². The molecule has 1 fully saturated rings. The van der Waals surface area contributed by atoms with Crippen LogP contribution < -0.4 is 0 Å². The number of hydrogen-bond acceptors (Lipinski definition) is 1. The minimum Gasteiger partial charge on any atom is -0.348 e. The molecule has 1 aliphatic heterocycles. The van der Waals surface area contributed by atoms with Crippen LogP contribution >= 0.6 is 15.9 Å². The van der Waals surface area contributed by atoms with Gasteiger partial charge in [-0.25, -0.2) is 0 Å². The Bertz CT molecular complexity index is 118. The third-order valence-electron chi connectivity index (χ3n) is 1.50. The van der Waals surface area contributed by atoms with Crippen molar-refractivity contribution in [3.05, 3.63) is 10.9 Å². The first-order valence-electron chi connectivity index (χ1n) is 3.05. The lowest BCUT2D eigenvalue weighted by atomic mass is 10.4. The second kappa shape index (κ2) is 3.20. The molecule has 1 rings (SSSR count). The fraction of sp³-hybridized carbons (Fsp3) is 0.667. The number of halogens is 2. The maximum atomic E-state index is 12.6. The highest BCUT2D eigenvalue weighted by molar-refractivity contribution is 9.11. The third-order valence-corrected chi connectivity index (χ3v) is 1.88. The molecule has 0 spiro atoms.